The minimum atomic E-state index is -3.21. The van der Waals surface area contributed by atoms with Crippen molar-refractivity contribution >= 4 is 21.6 Å². The van der Waals surface area contributed by atoms with Crippen LogP contribution in [-0.4, -0.2) is 38.0 Å². The molecule has 1 saturated heterocycles. The first-order valence-electron chi connectivity index (χ1n) is 9.04. The van der Waals surface area contributed by atoms with Crippen LogP contribution >= 0.6 is 0 Å². The number of carbonyl (C=O) groups excluding carboxylic acids is 1. The number of hydrogen-bond acceptors (Lipinski definition) is 4. The topological polar surface area (TPSA) is 75.7 Å². The molecule has 0 atom stereocenters. The maximum atomic E-state index is 13.2. The molecule has 8 heteroatoms. The predicted molar refractivity (Wildman–Crippen MR) is 105 cm³/mol. The monoisotopic (exact) mass is 406 g/mol. The van der Waals surface area contributed by atoms with Crippen LogP contribution < -0.4 is 10.1 Å². The van der Waals surface area contributed by atoms with Crippen LogP contribution in [0, 0.1) is 11.7 Å². The first kappa shape index (κ1) is 20.3. The van der Waals surface area contributed by atoms with E-state index in [1.54, 1.807) is 18.2 Å². The van der Waals surface area contributed by atoms with Gasteiger partial charge in [0.25, 0.3) is 0 Å². The van der Waals surface area contributed by atoms with Gasteiger partial charge in [0, 0.05) is 30.8 Å². The summed E-state index contributed by atoms with van der Waals surface area (Å²) in [5.74, 6) is -0.256. The van der Waals surface area contributed by atoms with Gasteiger partial charge in [-0.2, -0.15) is 0 Å². The lowest BCUT2D eigenvalue weighted by Crippen LogP contribution is -2.40. The summed E-state index contributed by atoms with van der Waals surface area (Å²) >= 11 is 0. The third kappa shape index (κ3) is 5.53. The van der Waals surface area contributed by atoms with Crippen molar-refractivity contribution in [3.63, 3.8) is 0 Å². The van der Waals surface area contributed by atoms with E-state index >= 15 is 0 Å². The van der Waals surface area contributed by atoms with Crippen molar-refractivity contribution in [2.24, 2.45) is 5.92 Å². The van der Waals surface area contributed by atoms with Crippen LogP contribution in [0.1, 0.15) is 18.4 Å². The van der Waals surface area contributed by atoms with E-state index in [1.165, 1.54) is 22.7 Å². The Morgan fingerprint density at radius 2 is 1.89 bits per heavy atom. The second kappa shape index (κ2) is 8.70. The summed E-state index contributed by atoms with van der Waals surface area (Å²) in [5, 5.41) is 2.89. The van der Waals surface area contributed by atoms with Crippen molar-refractivity contribution in [2.45, 2.75) is 19.4 Å². The lowest BCUT2D eigenvalue weighted by molar-refractivity contribution is -0.120. The number of carbonyl (C=O) groups is 1. The van der Waals surface area contributed by atoms with Gasteiger partial charge in [0.15, 0.2) is 0 Å². The molecule has 2 aromatic carbocycles. The van der Waals surface area contributed by atoms with Crippen LogP contribution in [0.4, 0.5) is 10.1 Å². The van der Waals surface area contributed by atoms with Crippen molar-refractivity contribution < 1.29 is 22.3 Å². The van der Waals surface area contributed by atoms with Gasteiger partial charge in [0.1, 0.15) is 18.2 Å². The number of hydrogen-bond donors (Lipinski definition) is 1. The Bertz CT molecular complexity index is 941. The van der Waals surface area contributed by atoms with Gasteiger partial charge in [-0.05, 0) is 42.7 Å². The summed E-state index contributed by atoms with van der Waals surface area (Å²) in [5.41, 5.74) is 1.49. The Morgan fingerprint density at radius 1 is 1.18 bits per heavy atom. The van der Waals surface area contributed by atoms with E-state index in [0.717, 1.165) is 5.56 Å². The first-order valence-corrected chi connectivity index (χ1v) is 10.9. The molecule has 6 nitrogen and oxygen atoms in total. The van der Waals surface area contributed by atoms with Gasteiger partial charge in [0.2, 0.25) is 15.9 Å². The van der Waals surface area contributed by atoms with Gasteiger partial charge in [-0.1, -0.05) is 18.2 Å². The summed E-state index contributed by atoms with van der Waals surface area (Å²) < 4.78 is 43.3. The molecular formula is C20H23FN2O4S. The molecule has 3 rings (SSSR count). The molecule has 1 amide bonds. The molecule has 1 fully saturated rings. The van der Waals surface area contributed by atoms with E-state index < -0.39 is 10.0 Å². The molecule has 150 valence electrons. The van der Waals surface area contributed by atoms with Crippen LogP contribution in [0.15, 0.2) is 48.5 Å². The fourth-order valence-corrected chi connectivity index (χ4v) is 4.03. The molecule has 0 bridgehead atoms. The van der Waals surface area contributed by atoms with Gasteiger partial charge < -0.3 is 10.1 Å². The minimum Gasteiger partial charge on any atom is -0.489 e. The highest BCUT2D eigenvalue weighted by atomic mass is 32.2. The summed E-state index contributed by atoms with van der Waals surface area (Å²) in [6.45, 7) is 0.969. The number of piperidine rings is 1. The molecule has 0 spiro atoms. The number of sulfonamides is 1. The number of benzene rings is 2. The van der Waals surface area contributed by atoms with E-state index in [1.807, 2.05) is 18.2 Å². The largest absolute Gasteiger partial charge is 0.489 e. The molecule has 1 aliphatic heterocycles. The van der Waals surface area contributed by atoms with E-state index in [9.17, 15) is 17.6 Å². The molecule has 2 aromatic rings. The molecule has 28 heavy (non-hydrogen) atoms. The second-order valence-electron chi connectivity index (χ2n) is 6.87. The average Bonchev–Trinajstić information content (AvgIpc) is 2.66. The Balaban J connectivity index is 1.55. The lowest BCUT2D eigenvalue weighted by Gasteiger charge is -2.29. The lowest BCUT2D eigenvalue weighted by atomic mass is 9.97. The zero-order valence-corrected chi connectivity index (χ0v) is 16.4. The Morgan fingerprint density at radius 3 is 2.57 bits per heavy atom. The van der Waals surface area contributed by atoms with Crippen LogP contribution in [-0.2, 0) is 21.4 Å². The number of ether oxygens (including phenoxy) is 1. The first-order chi connectivity index (χ1) is 13.3. The van der Waals surface area contributed by atoms with Gasteiger partial charge >= 0.3 is 0 Å². The maximum absolute atomic E-state index is 13.2. The van der Waals surface area contributed by atoms with E-state index in [-0.39, 0.29) is 24.2 Å². The van der Waals surface area contributed by atoms with Crippen molar-refractivity contribution in [3.8, 4) is 5.75 Å². The second-order valence-corrected chi connectivity index (χ2v) is 8.85. The quantitative estimate of drug-likeness (QED) is 0.800. The minimum absolute atomic E-state index is 0.114. The SMILES string of the molecule is CS(=O)(=O)N1CCC(C(=O)Nc2cccc(COc3cccc(F)c3)c2)CC1. The molecule has 1 aliphatic rings. The molecule has 0 aromatic heterocycles. The Labute approximate surface area is 164 Å². The van der Waals surface area contributed by atoms with Crippen LogP contribution in [0.3, 0.4) is 0 Å². The number of amides is 1. The molecule has 1 heterocycles. The molecular weight excluding hydrogens is 383 g/mol. The molecule has 0 unspecified atom stereocenters. The highest BCUT2D eigenvalue weighted by Gasteiger charge is 2.28. The highest BCUT2D eigenvalue weighted by molar-refractivity contribution is 7.88. The summed E-state index contributed by atoms with van der Waals surface area (Å²) in [7, 11) is -3.21. The maximum Gasteiger partial charge on any atom is 0.227 e. The number of rotatable bonds is 6. The molecule has 0 aliphatic carbocycles. The summed E-state index contributed by atoms with van der Waals surface area (Å²) in [6.07, 6.45) is 2.19. The van der Waals surface area contributed by atoms with Gasteiger partial charge in [-0.25, -0.2) is 17.1 Å². The van der Waals surface area contributed by atoms with Gasteiger partial charge in [-0.3, -0.25) is 4.79 Å². The van der Waals surface area contributed by atoms with Crippen LogP contribution in [0.2, 0.25) is 0 Å². The van der Waals surface area contributed by atoms with Crippen molar-refractivity contribution in [1.29, 1.82) is 0 Å². The van der Waals surface area contributed by atoms with Crippen molar-refractivity contribution in [2.75, 3.05) is 24.7 Å². The van der Waals surface area contributed by atoms with E-state index in [4.69, 9.17) is 4.74 Å². The summed E-state index contributed by atoms with van der Waals surface area (Å²) in [4.78, 5) is 12.5. The normalized spacial score (nSPS) is 15.9. The fourth-order valence-electron chi connectivity index (χ4n) is 3.16. The number of nitrogens with zero attached hydrogens (tertiary/aromatic N) is 1. The van der Waals surface area contributed by atoms with Crippen molar-refractivity contribution in [3.05, 3.63) is 59.9 Å². The standard InChI is InChI=1S/C20H23FN2O4S/c1-28(25,26)23-10-8-16(9-11-23)20(24)22-18-6-2-4-15(12-18)14-27-19-7-3-5-17(21)13-19/h2-7,12-13,16H,8-11,14H2,1H3,(H,22,24). The van der Waals surface area contributed by atoms with Crippen LogP contribution in [0.25, 0.3) is 0 Å². The number of halogens is 1. The number of anilines is 1. The van der Waals surface area contributed by atoms with Gasteiger partial charge in [-0.15, -0.1) is 0 Å². The fraction of sp³-hybridized carbons (Fsp3) is 0.350. The average molecular weight is 406 g/mol. The van der Waals surface area contributed by atoms with E-state index in [0.29, 0.717) is 37.4 Å². The van der Waals surface area contributed by atoms with Gasteiger partial charge in [0.05, 0.1) is 6.26 Å². The third-order valence-electron chi connectivity index (χ3n) is 4.69. The molecule has 0 radical (unpaired) electrons. The number of nitrogens with one attached hydrogen (secondary N) is 1. The van der Waals surface area contributed by atoms with Crippen LogP contribution in [0.5, 0.6) is 5.75 Å². The predicted octanol–water partition coefficient (Wildman–Crippen LogP) is 3.01. The highest BCUT2D eigenvalue weighted by Crippen LogP contribution is 2.22. The Hall–Kier alpha value is -2.45. The third-order valence-corrected chi connectivity index (χ3v) is 5.99. The molecule has 1 N–H and O–H groups in total. The zero-order chi connectivity index (χ0) is 20.1. The Kier molecular flexibility index (Phi) is 6.31. The summed E-state index contributed by atoms with van der Waals surface area (Å²) in [6, 6.07) is 13.2. The molecule has 0 saturated carbocycles. The smallest absolute Gasteiger partial charge is 0.227 e. The zero-order valence-electron chi connectivity index (χ0n) is 15.6. The van der Waals surface area contributed by atoms with Crippen molar-refractivity contribution in [1.82, 2.24) is 4.31 Å². The van der Waals surface area contributed by atoms with E-state index in [2.05, 4.69) is 5.32 Å².